The van der Waals surface area contributed by atoms with Gasteiger partial charge in [0.25, 0.3) is 0 Å². The van der Waals surface area contributed by atoms with Gasteiger partial charge >= 0.3 is 0 Å². The van der Waals surface area contributed by atoms with Gasteiger partial charge in [-0.05, 0) is 63.2 Å². The van der Waals surface area contributed by atoms with Crippen LogP contribution in [0.2, 0.25) is 0 Å². The maximum atomic E-state index is 9.21. The molecule has 0 aliphatic heterocycles. The number of rotatable bonds is 6. The maximum Gasteiger partial charge on any atom is 0.160 e. The lowest BCUT2D eigenvalue weighted by Crippen LogP contribution is -2.00. The molecule has 3 heteroatoms. The van der Waals surface area contributed by atoms with Gasteiger partial charge in [-0.2, -0.15) is 5.26 Å². The lowest BCUT2D eigenvalue weighted by molar-refractivity contribution is 1.15. The summed E-state index contributed by atoms with van der Waals surface area (Å²) in [6, 6.07) is 61.0. The molecule has 0 saturated carbocycles. The Labute approximate surface area is 286 Å². The fourth-order valence-electron chi connectivity index (χ4n) is 6.59. The number of nitrogens with zero attached hydrogens (tertiary/aromatic N) is 3. The quantitative estimate of drug-likeness (QED) is 0.185. The average Bonchev–Trinajstić information content (AvgIpc) is 3.18. The zero-order valence-electron chi connectivity index (χ0n) is 27.0. The minimum absolute atomic E-state index is 0.662. The topological polar surface area (TPSA) is 49.6 Å². The summed E-state index contributed by atoms with van der Waals surface area (Å²) in [6.45, 7) is 2.11. The van der Waals surface area contributed by atoms with E-state index in [4.69, 9.17) is 9.97 Å². The number of hydrogen-bond acceptors (Lipinski definition) is 3. The molecule has 0 aliphatic carbocycles. The van der Waals surface area contributed by atoms with Gasteiger partial charge in [0.15, 0.2) is 5.82 Å². The largest absolute Gasteiger partial charge is 0.228 e. The zero-order valence-corrected chi connectivity index (χ0v) is 27.0. The van der Waals surface area contributed by atoms with Crippen LogP contribution in [-0.2, 0) is 0 Å². The third kappa shape index (κ3) is 5.78. The molecule has 0 atom stereocenters. The third-order valence-electron chi connectivity index (χ3n) is 9.14. The van der Waals surface area contributed by atoms with Crippen LogP contribution in [0.3, 0.4) is 0 Å². The Balaban J connectivity index is 1.22. The van der Waals surface area contributed by atoms with Crippen LogP contribution in [0.4, 0.5) is 0 Å². The van der Waals surface area contributed by atoms with Crippen LogP contribution in [0, 0.1) is 18.3 Å². The van der Waals surface area contributed by atoms with Gasteiger partial charge in [-0.25, -0.2) is 9.97 Å². The van der Waals surface area contributed by atoms with Crippen molar-refractivity contribution in [2.75, 3.05) is 0 Å². The number of fused-ring (bicyclic) bond motifs is 1. The molecular weight excluding hydrogens is 595 g/mol. The first-order valence-corrected chi connectivity index (χ1v) is 16.4. The summed E-state index contributed by atoms with van der Waals surface area (Å²) in [5.74, 6) is 0.713. The summed E-state index contributed by atoms with van der Waals surface area (Å²) in [6.07, 6.45) is 0. The molecule has 0 fully saturated rings. The lowest BCUT2D eigenvalue weighted by atomic mass is 9.88. The fraction of sp³-hybridized carbons (Fsp3) is 0.0217. The highest BCUT2D eigenvalue weighted by Crippen LogP contribution is 2.40. The van der Waals surface area contributed by atoms with Crippen LogP contribution in [0.15, 0.2) is 170 Å². The molecule has 0 saturated heterocycles. The first-order valence-electron chi connectivity index (χ1n) is 16.4. The summed E-state index contributed by atoms with van der Waals surface area (Å²) < 4.78 is 0. The first kappa shape index (κ1) is 29.8. The monoisotopic (exact) mass is 625 g/mol. The minimum atomic E-state index is 0.662. The molecule has 49 heavy (non-hydrogen) atoms. The van der Waals surface area contributed by atoms with Gasteiger partial charge in [-0.1, -0.05) is 158 Å². The standard InChI is InChI=1S/C46H31N3/c1-31-44(38-11-4-2-5-12-38)48-46(40-13-6-3-7-14-40)49-45(31)39-26-22-36(23-27-39)42-29-28-35-10-8-9-15-41(35)43(42)37-24-20-34(21-25-37)33-18-16-32(30-47)17-19-33/h2-29H,1H3. The third-order valence-corrected chi connectivity index (χ3v) is 9.14. The smallest absolute Gasteiger partial charge is 0.160 e. The summed E-state index contributed by atoms with van der Waals surface area (Å²) in [4.78, 5) is 10.2. The Kier molecular flexibility index (Phi) is 7.82. The second-order valence-corrected chi connectivity index (χ2v) is 12.2. The van der Waals surface area contributed by atoms with Crippen molar-refractivity contribution < 1.29 is 0 Å². The van der Waals surface area contributed by atoms with Gasteiger partial charge in [0, 0.05) is 22.3 Å². The molecule has 0 radical (unpaired) electrons. The molecule has 230 valence electrons. The second kappa shape index (κ2) is 12.9. The van der Waals surface area contributed by atoms with Crippen LogP contribution in [0.1, 0.15) is 11.1 Å². The number of nitriles is 1. The van der Waals surface area contributed by atoms with E-state index in [9.17, 15) is 5.26 Å². The highest BCUT2D eigenvalue weighted by Gasteiger charge is 2.17. The Bertz CT molecular complexity index is 2460. The van der Waals surface area contributed by atoms with E-state index in [1.807, 2.05) is 48.5 Å². The van der Waals surface area contributed by atoms with E-state index in [0.717, 1.165) is 55.9 Å². The van der Waals surface area contributed by atoms with Crippen molar-refractivity contribution in [2.45, 2.75) is 6.92 Å². The van der Waals surface area contributed by atoms with Crippen LogP contribution in [0.5, 0.6) is 0 Å². The zero-order chi connectivity index (χ0) is 33.2. The molecule has 0 spiro atoms. The Morgan fingerprint density at radius 1 is 0.429 bits per heavy atom. The van der Waals surface area contributed by atoms with E-state index in [1.54, 1.807) is 0 Å². The van der Waals surface area contributed by atoms with Gasteiger partial charge in [-0.3, -0.25) is 0 Å². The van der Waals surface area contributed by atoms with E-state index in [2.05, 4.69) is 134 Å². The SMILES string of the molecule is Cc1c(-c2ccccc2)nc(-c2ccccc2)nc1-c1ccc(-c2ccc3ccccc3c2-c2ccc(-c3ccc(C#N)cc3)cc2)cc1. The Morgan fingerprint density at radius 2 is 0.918 bits per heavy atom. The van der Waals surface area contributed by atoms with Gasteiger partial charge < -0.3 is 0 Å². The molecule has 8 aromatic rings. The van der Waals surface area contributed by atoms with Crippen molar-refractivity contribution in [2.24, 2.45) is 0 Å². The van der Waals surface area contributed by atoms with E-state index >= 15 is 0 Å². The van der Waals surface area contributed by atoms with Crippen molar-refractivity contribution in [3.8, 4) is 73.4 Å². The van der Waals surface area contributed by atoms with Crippen molar-refractivity contribution in [3.63, 3.8) is 0 Å². The number of aromatic nitrogens is 2. The molecule has 0 unspecified atom stereocenters. The van der Waals surface area contributed by atoms with E-state index in [0.29, 0.717) is 11.4 Å². The average molecular weight is 626 g/mol. The summed E-state index contributed by atoms with van der Waals surface area (Å²) in [5, 5.41) is 11.6. The minimum Gasteiger partial charge on any atom is -0.228 e. The highest BCUT2D eigenvalue weighted by molar-refractivity contribution is 6.04. The Hall–Kier alpha value is -6.63. The van der Waals surface area contributed by atoms with Gasteiger partial charge in [0.05, 0.1) is 23.0 Å². The predicted octanol–water partition coefficient (Wildman–Crippen LogP) is 11.8. The van der Waals surface area contributed by atoms with E-state index in [-0.39, 0.29) is 0 Å². The summed E-state index contributed by atoms with van der Waals surface area (Å²) in [7, 11) is 0. The molecule has 1 heterocycles. The van der Waals surface area contributed by atoms with E-state index < -0.39 is 0 Å². The molecule has 1 aromatic heterocycles. The van der Waals surface area contributed by atoms with Gasteiger partial charge in [0.1, 0.15) is 0 Å². The van der Waals surface area contributed by atoms with Crippen molar-refractivity contribution in [1.29, 1.82) is 5.26 Å². The van der Waals surface area contributed by atoms with Crippen molar-refractivity contribution in [1.82, 2.24) is 9.97 Å². The summed E-state index contributed by atoms with van der Waals surface area (Å²) >= 11 is 0. The van der Waals surface area contributed by atoms with Gasteiger partial charge in [-0.15, -0.1) is 0 Å². The normalized spacial score (nSPS) is 10.9. The molecule has 0 aliphatic rings. The van der Waals surface area contributed by atoms with Crippen molar-refractivity contribution >= 4 is 10.8 Å². The molecular formula is C46H31N3. The fourth-order valence-corrected chi connectivity index (χ4v) is 6.59. The molecule has 3 nitrogen and oxygen atoms in total. The Morgan fingerprint density at radius 3 is 1.55 bits per heavy atom. The predicted molar refractivity (Wildman–Crippen MR) is 202 cm³/mol. The number of hydrogen-bond donors (Lipinski definition) is 0. The molecule has 0 bridgehead atoms. The van der Waals surface area contributed by atoms with Crippen LogP contribution >= 0.6 is 0 Å². The molecule has 0 N–H and O–H groups in total. The highest BCUT2D eigenvalue weighted by atomic mass is 14.9. The maximum absolute atomic E-state index is 9.21. The second-order valence-electron chi connectivity index (χ2n) is 12.2. The summed E-state index contributed by atoms with van der Waals surface area (Å²) in [5.41, 5.74) is 13.6. The number of benzene rings is 7. The van der Waals surface area contributed by atoms with E-state index in [1.165, 1.54) is 21.9 Å². The first-order chi connectivity index (χ1) is 24.2. The van der Waals surface area contributed by atoms with Crippen LogP contribution in [-0.4, -0.2) is 9.97 Å². The van der Waals surface area contributed by atoms with Crippen molar-refractivity contribution in [3.05, 3.63) is 181 Å². The van der Waals surface area contributed by atoms with Gasteiger partial charge in [0.2, 0.25) is 0 Å². The van der Waals surface area contributed by atoms with Crippen LogP contribution < -0.4 is 0 Å². The molecule has 8 rings (SSSR count). The van der Waals surface area contributed by atoms with Crippen LogP contribution in [0.25, 0.3) is 78.1 Å². The lowest BCUT2D eigenvalue weighted by Gasteiger charge is -2.16. The molecule has 7 aromatic carbocycles. The molecule has 0 amide bonds.